The fourth-order valence-corrected chi connectivity index (χ4v) is 2.34. The number of anilines is 1. The Morgan fingerprint density at radius 2 is 2.00 bits per heavy atom. The van der Waals surface area contributed by atoms with Crippen molar-refractivity contribution < 1.29 is 14.3 Å². The van der Waals surface area contributed by atoms with Gasteiger partial charge in [0.25, 0.3) is 0 Å². The van der Waals surface area contributed by atoms with Gasteiger partial charge in [0.15, 0.2) is 11.5 Å². The smallest absolute Gasteiger partial charge is 0.225 e. The summed E-state index contributed by atoms with van der Waals surface area (Å²) < 4.78 is 11.1. The van der Waals surface area contributed by atoms with E-state index >= 15 is 0 Å². The third-order valence-electron chi connectivity index (χ3n) is 2.74. The van der Waals surface area contributed by atoms with E-state index in [0.29, 0.717) is 31.9 Å². The second-order valence-electron chi connectivity index (χ2n) is 4.10. The number of fused-ring (bicyclic) bond motifs is 1. The number of amides is 1. The summed E-state index contributed by atoms with van der Waals surface area (Å²) in [6.07, 6.45) is 2.41. The summed E-state index contributed by atoms with van der Waals surface area (Å²) in [5, 5.41) is 5.86. The number of benzene rings is 1. The quantitative estimate of drug-likeness (QED) is 0.805. The van der Waals surface area contributed by atoms with E-state index in [1.807, 2.05) is 25.4 Å². The van der Waals surface area contributed by atoms with Crippen molar-refractivity contribution in [3.8, 4) is 11.5 Å². The molecule has 104 valence electrons. The molecule has 1 heterocycles. The summed E-state index contributed by atoms with van der Waals surface area (Å²) in [5.74, 6) is 1.41. The molecule has 0 spiro atoms. The van der Waals surface area contributed by atoms with Crippen LogP contribution in [0.25, 0.3) is 0 Å². The topological polar surface area (TPSA) is 59.6 Å². The molecule has 0 aromatic heterocycles. The zero-order chi connectivity index (χ0) is 13.7. The molecule has 1 aromatic rings. The number of thioether (sulfide) groups is 1. The van der Waals surface area contributed by atoms with E-state index in [9.17, 15) is 4.79 Å². The number of rotatable bonds is 5. The molecule has 0 aliphatic carbocycles. The first-order valence-electron chi connectivity index (χ1n) is 6.16. The lowest BCUT2D eigenvalue weighted by Gasteiger charge is -2.21. The first kappa shape index (κ1) is 14.0. The van der Waals surface area contributed by atoms with Crippen molar-refractivity contribution in [3.63, 3.8) is 0 Å². The van der Waals surface area contributed by atoms with Gasteiger partial charge >= 0.3 is 0 Å². The minimum absolute atomic E-state index is 0.0127. The van der Waals surface area contributed by atoms with Crippen LogP contribution in [0.2, 0.25) is 0 Å². The highest BCUT2D eigenvalue weighted by Gasteiger charge is 2.16. The van der Waals surface area contributed by atoms with E-state index in [-0.39, 0.29) is 5.91 Å². The molecule has 0 saturated carbocycles. The van der Waals surface area contributed by atoms with Crippen LogP contribution >= 0.6 is 11.8 Å². The zero-order valence-corrected chi connectivity index (χ0v) is 11.9. The minimum atomic E-state index is -0.0127. The molecule has 2 rings (SSSR count). The van der Waals surface area contributed by atoms with Crippen LogP contribution < -0.4 is 20.1 Å². The van der Waals surface area contributed by atoms with Gasteiger partial charge in [0, 0.05) is 23.9 Å². The standard InChI is InChI=1S/C13H18N2O3S/c1-14-4-3-13(16)15-9-7-10-11(8-12(9)19-2)18-6-5-17-10/h7-8,14H,3-6H2,1-2H3,(H,15,16). The number of carbonyl (C=O) groups excluding carboxylic acids is 1. The zero-order valence-electron chi connectivity index (χ0n) is 11.1. The Hall–Kier alpha value is -1.40. The first-order chi connectivity index (χ1) is 9.24. The molecule has 19 heavy (non-hydrogen) atoms. The van der Waals surface area contributed by atoms with Gasteiger partial charge in [-0.2, -0.15) is 0 Å². The van der Waals surface area contributed by atoms with E-state index in [1.54, 1.807) is 11.8 Å². The third kappa shape index (κ3) is 3.54. The highest BCUT2D eigenvalue weighted by molar-refractivity contribution is 7.98. The molecule has 2 N–H and O–H groups in total. The predicted octanol–water partition coefficient (Wildman–Crippen LogP) is 1.73. The van der Waals surface area contributed by atoms with Gasteiger partial charge < -0.3 is 20.1 Å². The summed E-state index contributed by atoms with van der Waals surface area (Å²) in [7, 11) is 1.82. The Kier molecular flexibility index (Phi) is 4.93. The SMILES string of the molecule is CNCCC(=O)Nc1cc2c(cc1SC)OCCO2. The summed E-state index contributed by atoms with van der Waals surface area (Å²) in [6, 6.07) is 3.74. The summed E-state index contributed by atoms with van der Waals surface area (Å²) in [4.78, 5) is 12.7. The number of carbonyl (C=O) groups is 1. The van der Waals surface area contributed by atoms with Crippen LogP contribution in [0.1, 0.15) is 6.42 Å². The van der Waals surface area contributed by atoms with Gasteiger partial charge in [-0.15, -0.1) is 11.8 Å². The van der Waals surface area contributed by atoms with Gasteiger partial charge in [-0.1, -0.05) is 0 Å². The average Bonchev–Trinajstić information content (AvgIpc) is 2.44. The van der Waals surface area contributed by atoms with Crippen molar-refractivity contribution >= 4 is 23.4 Å². The molecule has 0 bridgehead atoms. The van der Waals surface area contributed by atoms with Crippen LogP contribution in [0.4, 0.5) is 5.69 Å². The van der Waals surface area contributed by atoms with Crippen molar-refractivity contribution in [2.45, 2.75) is 11.3 Å². The molecule has 5 nitrogen and oxygen atoms in total. The maximum atomic E-state index is 11.8. The minimum Gasteiger partial charge on any atom is -0.486 e. The Labute approximate surface area is 117 Å². The van der Waals surface area contributed by atoms with Crippen molar-refractivity contribution in [2.24, 2.45) is 0 Å². The van der Waals surface area contributed by atoms with Gasteiger partial charge in [0.05, 0.1) is 5.69 Å². The molecule has 0 saturated heterocycles. The highest BCUT2D eigenvalue weighted by atomic mass is 32.2. The molecule has 1 aliphatic rings. The molecule has 0 unspecified atom stereocenters. The van der Waals surface area contributed by atoms with E-state index in [4.69, 9.17) is 9.47 Å². The average molecular weight is 282 g/mol. The lowest BCUT2D eigenvalue weighted by Crippen LogP contribution is -2.20. The van der Waals surface area contributed by atoms with Crippen LogP contribution in [0.3, 0.4) is 0 Å². The fourth-order valence-electron chi connectivity index (χ4n) is 1.79. The Bertz CT molecular complexity index is 465. The van der Waals surface area contributed by atoms with Gasteiger partial charge in [0.1, 0.15) is 13.2 Å². The molecule has 1 aromatic carbocycles. The summed E-state index contributed by atoms with van der Waals surface area (Å²) >= 11 is 1.57. The van der Waals surface area contributed by atoms with E-state index in [0.717, 1.165) is 16.3 Å². The number of ether oxygens (including phenoxy) is 2. The predicted molar refractivity (Wildman–Crippen MR) is 76.4 cm³/mol. The molecule has 1 aliphatic heterocycles. The fraction of sp³-hybridized carbons (Fsp3) is 0.462. The first-order valence-corrected chi connectivity index (χ1v) is 7.39. The molecular formula is C13H18N2O3S. The van der Waals surface area contributed by atoms with Crippen LogP contribution in [0, 0.1) is 0 Å². The van der Waals surface area contributed by atoms with Gasteiger partial charge in [0.2, 0.25) is 5.91 Å². The van der Waals surface area contributed by atoms with Crippen molar-refractivity contribution in [1.29, 1.82) is 0 Å². The van der Waals surface area contributed by atoms with Crippen molar-refractivity contribution in [2.75, 3.05) is 38.4 Å². The Balaban J connectivity index is 2.16. The van der Waals surface area contributed by atoms with Gasteiger partial charge in [-0.25, -0.2) is 0 Å². The number of hydrogen-bond donors (Lipinski definition) is 2. The lowest BCUT2D eigenvalue weighted by molar-refractivity contribution is -0.116. The monoisotopic (exact) mass is 282 g/mol. The van der Waals surface area contributed by atoms with Crippen LogP contribution in [-0.2, 0) is 4.79 Å². The molecule has 0 fully saturated rings. The summed E-state index contributed by atoms with van der Waals surface area (Å²) in [6.45, 7) is 1.76. The Morgan fingerprint density at radius 1 is 1.32 bits per heavy atom. The van der Waals surface area contributed by atoms with Crippen LogP contribution in [0.5, 0.6) is 11.5 Å². The van der Waals surface area contributed by atoms with Crippen molar-refractivity contribution in [1.82, 2.24) is 5.32 Å². The Morgan fingerprint density at radius 3 is 2.63 bits per heavy atom. The van der Waals surface area contributed by atoms with E-state index in [1.165, 1.54) is 0 Å². The highest BCUT2D eigenvalue weighted by Crippen LogP contribution is 2.39. The van der Waals surface area contributed by atoms with Crippen LogP contribution in [0.15, 0.2) is 17.0 Å². The van der Waals surface area contributed by atoms with Gasteiger partial charge in [-0.05, 0) is 19.4 Å². The summed E-state index contributed by atoms with van der Waals surface area (Å²) in [5.41, 5.74) is 0.776. The third-order valence-corrected chi connectivity index (χ3v) is 3.52. The van der Waals surface area contributed by atoms with Gasteiger partial charge in [-0.3, -0.25) is 4.79 Å². The molecule has 6 heteroatoms. The van der Waals surface area contributed by atoms with Crippen LogP contribution in [-0.4, -0.2) is 39.0 Å². The van der Waals surface area contributed by atoms with Crippen molar-refractivity contribution in [3.05, 3.63) is 12.1 Å². The molecule has 0 atom stereocenters. The number of nitrogens with one attached hydrogen (secondary N) is 2. The number of hydrogen-bond acceptors (Lipinski definition) is 5. The maximum Gasteiger partial charge on any atom is 0.225 e. The largest absolute Gasteiger partial charge is 0.486 e. The van der Waals surface area contributed by atoms with E-state index in [2.05, 4.69) is 10.6 Å². The normalized spacial score (nSPS) is 13.2. The maximum absolute atomic E-state index is 11.8. The molecular weight excluding hydrogens is 264 g/mol. The molecule has 0 radical (unpaired) electrons. The molecule has 1 amide bonds. The van der Waals surface area contributed by atoms with E-state index < -0.39 is 0 Å². The second-order valence-corrected chi connectivity index (χ2v) is 4.95. The lowest BCUT2D eigenvalue weighted by atomic mass is 10.2. The second kappa shape index (κ2) is 6.68.